The molecule has 194 valence electrons. The summed E-state index contributed by atoms with van der Waals surface area (Å²) in [7, 11) is -5.06. The molecule has 1 aliphatic rings. The van der Waals surface area contributed by atoms with Crippen LogP contribution < -0.4 is 14.3 Å². The van der Waals surface area contributed by atoms with Crippen molar-refractivity contribution in [1.29, 1.82) is 0 Å². The van der Waals surface area contributed by atoms with E-state index >= 15 is 0 Å². The van der Waals surface area contributed by atoms with Crippen LogP contribution in [0.4, 0.5) is 0 Å². The normalized spacial score (nSPS) is 24.5. The third-order valence-corrected chi connectivity index (χ3v) is 5.77. The smallest absolute Gasteiger partial charge is 0.446 e. The third-order valence-electron chi connectivity index (χ3n) is 5.38. The molecule has 0 spiro atoms. The van der Waals surface area contributed by atoms with Crippen LogP contribution in [-0.4, -0.2) is 74.3 Å². The van der Waals surface area contributed by atoms with Crippen LogP contribution in [-0.2, 0) is 15.1 Å². The van der Waals surface area contributed by atoms with Gasteiger partial charge in [0.25, 0.3) is 0 Å². The minimum Gasteiger partial charge on any atom is -0.508 e. The number of aliphatic hydroxyl groups excluding tert-OH is 3. The topological polar surface area (TPSA) is 234 Å². The van der Waals surface area contributed by atoms with Gasteiger partial charge < -0.3 is 48.7 Å². The SMILES string of the molecule is C[C@@H]1O[C@@H](Oc2c(-c3ccc(O)c(OS(=O)(=O)O)c3)oc3cc(O)cc(O)c3c2=O)[C@H](O)[C@H](O)[C@H]1O. The molecule has 7 N–H and O–H groups in total. The lowest BCUT2D eigenvalue weighted by molar-refractivity contribution is -0.268. The standard InChI is InChI=1S/C21H20O14S/c1-7-15(25)17(27)18(28)21(32-7)34-20-16(26)14-11(24)5-9(22)6-13(14)33-19(20)8-2-3-10(23)12(4-8)35-36(29,30)31/h2-7,15,17-18,21-25,27-28H,1H3,(H,29,30,31)/t7-,15-,17+,18+,21-/m0/s1. The van der Waals surface area contributed by atoms with Crippen molar-refractivity contribution < 1.29 is 61.7 Å². The second-order valence-corrected chi connectivity index (χ2v) is 8.94. The van der Waals surface area contributed by atoms with E-state index < -0.39 is 86.4 Å². The monoisotopic (exact) mass is 528 g/mol. The number of aromatic hydroxyl groups is 3. The highest BCUT2D eigenvalue weighted by Crippen LogP contribution is 2.40. The van der Waals surface area contributed by atoms with Gasteiger partial charge in [-0.1, -0.05) is 0 Å². The number of hydrogen-bond donors (Lipinski definition) is 7. The minimum atomic E-state index is -5.06. The van der Waals surface area contributed by atoms with Crippen molar-refractivity contribution in [3.63, 3.8) is 0 Å². The average molecular weight is 528 g/mol. The zero-order valence-corrected chi connectivity index (χ0v) is 19.0. The molecule has 2 heterocycles. The summed E-state index contributed by atoms with van der Waals surface area (Å²) in [4.78, 5) is 13.4. The summed E-state index contributed by atoms with van der Waals surface area (Å²) in [5.74, 6) is -3.81. The van der Waals surface area contributed by atoms with Crippen molar-refractivity contribution >= 4 is 21.4 Å². The Kier molecular flexibility index (Phi) is 6.46. The van der Waals surface area contributed by atoms with E-state index in [2.05, 4.69) is 4.18 Å². The summed E-state index contributed by atoms with van der Waals surface area (Å²) in [5.41, 5.74) is -1.53. The Morgan fingerprint density at radius 2 is 1.64 bits per heavy atom. The largest absolute Gasteiger partial charge is 0.508 e. The van der Waals surface area contributed by atoms with E-state index in [1.165, 1.54) is 6.92 Å². The average Bonchev–Trinajstić information content (AvgIpc) is 2.77. The minimum absolute atomic E-state index is 0.165. The molecule has 1 saturated heterocycles. The van der Waals surface area contributed by atoms with Gasteiger partial charge >= 0.3 is 10.4 Å². The van der Waals surface area contributed by atoms with Gasteiger partial charge in [-0.2, -0.15) is 8.42 Å². The Labute approximate surface area is 201 Å². The van der Waals surface area contributed by atoms with Gasteiger partial charge in [0.1, 0.15) is 40.8 Å². The van der Waals surface area contributed by atoms with E-state index in [1.807, 2.05) is 0 Å². The van der Waals surface area contributed by atoms with Crippen LogP contribution in [0.5, 0.6) is 28.7 Å². The second-order valence-electron chi connectivity index (χ2n) is 7.92. The van der Waals surface area contributed by atoms with Gasteiger partial charge in [0.15, 0.2) is 17.3 Å². The maximum atomic E-state index is 13.4. The first-order valence-corrected chi connectivity index (χ1v) is 11.5. The molecular weight excluding hydrogens is 508 g/mol. The molecule has 0 saturated carbocycles. The maximum Gasteiger partial charge on any atom is 0.446 e. The number of fused-ring (bicyclic) bond motifs is 1. The number of aliphatic hydroxyl groups is 3. The van der Waals surface area contributed by atoms with Gasteiger partial charge in [-0.3, -0.25) is 9.35 Å². The third kappa shape index (κ3) is 4.75. The van der Waals surface area contributed by atoms with E-state index in [1.54, 1.807) is 0 Å². The van der Waals surface area contributed by atoms with Gasteiger partial charge in [-0.15, -0.1) is 0 Å². The first-order chi connectivity index (χ1) is 16.8. The van der Waals surface area contributed by atoms with Gasteiger partial charge in [0.2, 0.25) is 17.5 Å². The molecule has 0 aliphatic carbocycles. The van der Waals surface area contributed by atoms with Crippen LogP contribution in [0.3, 0.4) is 0 Å². The predicted octanol–water partition coefficient (Wildman–Crippen LogP) is -0.0353. The molecule has 36 heavy (non-hydrogen) atoms. The zero-order chi connectivity index (χ0) is 26.5. The van der Waals surface area contributed by atoms with Crippen LogP contribution in [0.15, 0.2) is 39.5 Å². The van der Waals surface area contributed by atoms with Crippen molar-refractivity contribution in [2.75, 3.05) is 0 Å². The molecule has 1 aliphatic heterocycles. The number of rotatable bonds is 5. The number of hydrogen-bond acceptors (Lipinski definition) is 13. The van der Waals surface area contributed by atoms with Crippen LogP contribution in [0.25, 0.3) is 22.3 Å². The first kappa shape index (κ1) is 25.5. The lowest BCUT2D eigenvalue weighted by Crippen LogP contribution is -2.58. The zero-order valence-electron chi connectivity index (χ0n) is 18.2. The predicted molar refractivity (Wildman–Crippen MR) is 118 cm³/mol. The summed E-state index contributed by atoms with van der Waals surface area (Å²) >= 11 is 0. The van der Waals surface area contributed by atoms with Crippen LogP contribution in [0.2, 0.25) is 0 Å². The van der Waals surface area contributed by atoms with Gasteiger partial charge in [-0.05, 0) is 25.1 Å². The molecule has 1 aromatic heterocycles. The Morgan fingerprint density at radius 3 is 2.31 bits per heavy atom. The summed E-state index contributed by atoms with van der Waals surface area (Å²) in [6.07, 6.45) is -7.80. The van der Waals surface area contributed by atoms with Crippen molar-refractivity contribution in [2.45, 2.75) is 37.6 Å². The fraction of sp³-hybridized carbons (Fsp3) is 0.286. The Hall–Kier alpha value is -3.60. The number of phenolic OH excluding ortho intramolecular Hbond substituents is 3. The molecule has 0 radical (unpaired) electrons. The summed E-state index contributed by atoms with van der Waals surface area (Å²) in [6.45, 7) is 1.37. The van der Waals surface area contributed by atoms with Gasteiger partial charge in [0.05, 0.1) is 6.10 Å². The lowest BCUT2D eigenvalue weighted by Gasteiger charge is -2.38. The Bertz CT molecular complexity index is 1480. The van der Waals surface area contributed by atoms with E-state index in [0.717, 1.165) is 30.3 Å². The van der Waals surface area contributed by atoms with Crippen LogP contribution in [0.1, 0.15) is 6.92 Å². The van der Waals surface area contributed by atoms with Crippen molar-refractivity contribution in [3.05, 3.63) is 40.6 Å². The van der Waals surface area contributed by atoms with E-state index in [9.17, 15) is 43.9 Å². The highest BCUT2D eigenvalue weighted by Gasteiger charge is 2.44. The van der Waals surface area contributed by atoms with E-state index in [4.69, 9.17) is 18.4 Å². The molecule has 5 atom stereocenters. The lowest BCUT2D eigenvalue weighted by atomic mass is 10.00. The van der Waals surface area contributed by atoms with Crippen molar-refractivity contribution in [2.24, 2.45) is 0 Å². The Morgan fingerprint density at radius 1 is 0.944 bits per heavy atom. The first-order valence-electron chi connectivity index (χ1n) is 10.2. The number of ether oxygens (including phenoxy) is 2. The summed E-state index contributed by atoms with van der Waals surface area (Å²) < 4.78 is 52.1. The van der Waals surface area contributed by atoms with Gasteiger partial charge in [0, 0.05) is 17.7 Å². The molecule has 3 aromatic rings. The quantitative estimate of drug-likeness (QED) is 0.215. The summed E-state index contributed by atoms with van der Waals surface area (Å²) in [6, 6.07) is 4.80. The second kappa shape index (κ2) is 9.12. The number of benzene rings is 2. The van der Waals surface area contributed by atoms with Crippen LogP contribution in [0, 0.1) is 0 Å². The molecule has 15 heteroatoms. The molecule has 1 fully saturated rings. The molecule has 0 amide bonds. The highest BCUT2D eigenvalue weighted by atomic mass is 32.3. The Balaban J connectivity index is 1.93. The maximum absolute atomic E-state index is 13.4. The summed E-state index contributed by atoms with van der Waals surface area (Å²) in [5, 5.41) is 59.8. The molecule has 0 unspecified atom stereocenters. The molecular formula is C21H20O14S. The molecule has 0 bridgehead atoms. The van der Waals surface area contributed by atoms with Crippen molar-refractivity contribution in [3.8, 4) is 40.1 Å². The fourth-order valence-electron chi connectivity index (χ4n) is 3.63. The fourth-order valence-corrected chi connectivity index (χ4v) is 3.99. The molecule has 14 nitrogen and oxygen atoms in total. The highest BCUT2D eigenvalue weighted by molar-refractivity contribution is 7.81. The van der Waals surface area contributed by atoms with Gasteiger partial charge in [-0.25, -0.2) is 0 Å². The van der Waals surface area contributed by atoms with Crippen LogP contribution >= 0.6 is 0 Å². The van der Waals surface area contributed by atoms with Crippen molar-refractivity contribution in [1.82, 2.24) is 0 Å². The molecule has 2 aromatic carbocycles. The molecule has 4 rings (SSSR count). The number of phenols is 3. The van der Waals surface area contributed by atoms with E-state index in [0.29, 0.717) is 0 Å². The van der Waals surface area contributed by atoms with E-state index in [-0.39, 0.29) is 11.1 Å².